The molecular formula is C15H9Br2FO3. The van der Waals surface area contributed by atoms with Gasteiger partial charge in [-0.1, -0.05) is 22.0 Å². The first-order chi connectivity index (χ1) is 9.97. The van der Waals surface area contributed by atoms with Crippen LogP contribution in [-0.2, 0) is 4.79 Å². The zero-order valence-electron chi connectivity index (χ0n) is 10.5. The lowest BCUT2D eigenvalue weighted by molar-refractivity contribution is -0.131. The lowest BCUT2D eigenvalue weighted by Gasteiger charge is -2.11. The number of benzene rings is 2. The first-order valence-corrected chi connectivity index (χ1v) is 7.38. The topological polar surface area (TPSA) is 46.5 Å². The molecule has 0 saturated carbocycles. The van der Waals surface area contributed by atoms with Gasteiger partial charge in [-0.3, -0.25) is 0 Å². The molecule has 0 aromatic heterocycles. The van der Waals surface area contributed by atoms with E-state index in [2.05, 4.69) is 31.9 Å². The molecule has 0 aliphatic rings. The fourth-order valence-corrected chi connectivity index (χ4v) is 2.73. The molecule has 0 fully saturated rings. The quantitative estimate of drug-likeness (QED) is 0.694. The molecule has 0 aliphatic carbocycles. The minimum atomic E-state index is -1.16. The molecule has 2 rings (SSSR count). The predicted octanol–water partition coefficient (Wildman–Crippen LogP) is 5.24. The van der Waals surface area contributed by atoms with Crippen LogP contribution in [0.5, 0.6) is 11.5 Å². The Kier molecular flexibility index (Phi) is 5.14. The molecule has 21 heavy (non-hydrogen) atoms. The molecule has 0 aliphatic heterocycles. The van der Waals surface area contributed by atoms with Crippen molar-refractivity contribution >= 4 is 43.9 Å². The van der Waals surface area contributed by atoms with E-state index in [-0.39, 0.29) is 11.3 Å². The van der Waals surface area contributed by atoms with Crippen molar-refractivity contribution in [2.45, 2.75) is 0 Å². The average molecular weight is 416 g/mol. The Morgan fingerprint density at radius 3 is 2.62 bits per heavy atom. The molecule has 0 saturated heterocycles. The highest BCUT2D eigenvalue weighted by Crippen LogP contribution is 2.34. The van der Waals surface area contributed by atoms with Crippen molar-refractivity contribution in [1.29, 1.82) is 0 Å². The first-order valence-electron chi connectivity index (χ1n) is 5.80. The molecule has 2 aromatic rings. The molecule has 2 aromatic carbocycles. The molecule has 1 N–H and O–H groups in total. The Labute approximate surface area is 137 Å². The molecule has 108 valence electrons. The van der Waals surface area contributed by atoms with E-state index < -0.39 is 11.8 Å². The summed E-state index contributed by atoms with van der Waals surface area (Å²) in [6.07, 6.45) is 2.03. The summed E-state index contributed by atoms with van der Waals surface area (Å²) in [5, 5.41) is 8.66. The Bertz CT molecular complexity index is 714. The molecule has 0 spiro atoms. The van der Waals surface area contributed by atoms with Crippen LogP contribution in [0.25, 0.3) is 6.08 Å². The summed E-state index contributed by atoms with van der Waals surface area (Å²) in [6, 6.07) is 9.59. The van der Waals surface area contributed by atoms with E-state index in [1.807, 2.05) is 0 Å². The van der Waals surface area contributed by atoms with Gasteiger partial charge in [0.15, 0.2) is 0 Å². The van der Waals surface area contributed by atoms with Crippen LogP contribution in [0.1, 0.15) is 5.56 Å². The molecule has 0 atom stereocenters. The van der Waals surface area contributed by atoms with Gasteiger partial charge in [0.1, 0.15) is 17.3 Å². The second-order valence-corrected chi connectivity index (χ2v) is 5.77. The van der Waals surface area contributed by atoms with Crippen LogP contribution >= 0.6 is 31.9 Å². The molecule has 0 bridgehead atoms. The lowest BCUT2D eigenvalue weighted by Crippen LogP contribution is -1.93. The van der Waals surface area contributed by atoms with Gasteiger partial charge in [-0.15, -0.1) is 0 Å². The van der Waals surface area contributed by atoms with E-state index in [0.717, 1.165) is 10.5 Å². The third-order valence-electron chi connectivity index (χ3n) is 2.52. The maximum Gasteiger partial charge on any atom is 0.328 e. The monoisotopic (exact) mass is 414 g/mol. The number of aliphatic carboxylic acids is 1. The van der Waals surface area contributed by atoms with Crippen molar-refractivity contribution in [3.05, 3.63) is 62.8 Å². The van der Waals surface area contributed by atoms with Crippen molar-refractivity contribution in [2.24, 2.45) is 0 Å². The van der Waals surface area contributed by atoms with E-state index in [1.165, 1.54) is 18.2 Å². The highest BCUT2D eigenvalue weighted by Gasteiger charge is 2.10. The molecule has 6 heteroatoms. The number of ether oxygens (including phenoxy) is 1. The van der Waals surface area contributed by atoms with Crippen molar-refractivity contribution < 1.29 is 19.0 Å². The Morgan fingerprint density at radius 1 is 1.19 bits per heavy atom. The zero-order chi connectivity index (χ0) is 15.4. The van der Waals surface area contributed by atoms with Gasteiger partial charge in [-0.25, -0.2) is 9.18 Å². The number of hydrogen-bond donors (Lipinski definition) is 1. The van der Waals surface area contributed by atoms with Crippen molar-refractivity contribution in [3.63, 3.8) is 0 Å². The van der Waals surface area contributed by atoms with Gasteiger partial charge in [-0.2, -0.15) is 0 Å². The van der Waals surface area contributed by atoms with Gasteiger partial charge in [-0.05, 0) is 52.3 Å². The number of rotatable bonds is 4. The van der Waals surface area contributed by atoms with Gasteiger partial charge < -0.3 is 9.84 Å². The average Bonchev–Trinajstić information content (AvgIpc) is 2.41. The summed E-state index contributed by atoms with van der Waals surface area (Å²) in [5.74, 6) is -0.989. The van der Waals surface area contributed by atoms with Gasteiger partial charge in [0.25, 0.3) is 0 Å². The summed E-state index contributed by atoms with van der Waals surface area (Å²) >= 11 is 6.68. The predicted molar refractivity (Wildman–Crippen MR) is 85.0 cm³/mol. The highest BCUT2D eigenvalue weighted by atomic mass is 79.9. The molecule has 0 radical (unpaired) electrons. The van der Waals surface area contributed by atoms with Crippen LogP contribution in [0.3, 0.4) is 0 Å². The smallest absolute Gasteiger partial charge is 0.328 e. The minimum Gasteiger partial charge on any atom is -0.478 e. The number of carboxylic acids is 1. The lowest BCUT2D eigenvalue weighted by atomic mass is 10.1. The molecular weight excluding hydrogens is 407 g/mol. The normalized spacial score (nSPS) is 10.8. The minimum absolute atomic E-state index is 0.0784. The Hall–Kier alpha value is -1.66. The van der Waals surface area contributed by atoms with Crippen molar-refractivity contribution in [2.75, 3.05) is 0 Å². The molecule has 0 amide bonds. The summed E-state index contributed by atoms with van der Waals surface area (Å²) in [4.78, 5) is 10.6. The Balaban J connectivity index is 2.40. The van der Waals surface area contributed by atoms with Crippen molar-refractivity contribution in [1.82, 2.24) is 0 Å². The standard InChI is InChI=1S/C15H9Br2FO3/c16-9-4-6-14(11(17)8-9)21-13-3-1-2-12(18)10(13)5-7-15(19)20/h1-8H,(H,19,20)/b7-5+. The fraction of sp³-hybridized carbons (Fsp3) is 0. The summed E-state index contributed by atoms with van der Waals surface area (Å²) in [6.45, 7) is 0. The maximum absolute atomic E-state index is 13.8. The van der Waals surface area contributed by atoms with E-state index in [4.69, 9.17) is 9.84 Å². The van der Waals surface area contributed by atoms with Gasteiger partial charge in [0.05, 0.1) is 10.0 Å². The van der Waals surface area contributed by atoms with Crippen LogP contribution < -0.4 is 4.74 Å². The van der Waals surface area contributed by atoms with Crippen LogP contribution in [0.4, 0.5) is 4.39 Å². The van der Waals surface area contributed by atoms with Crippen molar-refractivity contribution in [3.8, 4) is 11.5 Å². The third kappa shape index (κ3) is 4.15. The number of halogens is 3. The first kappa shape index (κ1) is 15.7. The molecule has 3 nitrogen and oxygen atoms in total. The number of hydrogen-bond acceptors (Lipinski definition) is 2. The van der Waals surface area contributed by atoms with E-state index in [9.17, 15) is 9.18 Å². The summed E-state index contributed by atoms with van der Waals surface area (Å²) < 4.78 is 21.0. The largest absolute Gasteiger partial charge is 0.478 e. The second-order valence-electron chi connectivity index (χ2n) is 4.00. The van der Waals surface area contributed by atoms with E-state index in [0.29, 0.717) is 10.2 Å². The van der Waals surface area contributed by atoms with Crippen LogP contribution in [0, 0.1) is 5.82 Å². The van der Waals surface area contributed by atoms with E-state index >= 15 is 0 Å². The number of carboxylic acid groups (broad SMARTS) is 1. The fourth-order valence-electron chi connectivity index (χ4n) is 1.60. The summed E-state index contributed by atoms with van der Waals surface area (Å²) in [5.41, 5.74) is 0.0784. The SMILES string of the molecule is O=C(O)/C=C/c1c(F)cccc1Oc1ccc(Br)cc1Br. The van der Waals surface area contributed by atoms with Gasteiger partial charge in [0.2, 0.25) is 0 Å². The van der Waals surface area contributed by atoms with Crippen LogP contribution in [0.2, 0.25) is 0 Å². The van der Waals surface area contributed by atoms with Gasteiger partial charge in [0, 0.05) is 10.5 Å². The maximum atomic E-state index is 13.8. The zero-order valence-corrected chi connectivity index (χ0v) is 13.7. The van der Waals surface area contributed by atoms with E-state index in [1.54, 1.807) is 24.3 Å². The second kappa shape index (κ2) is 6.87. The highest BCUT2D eigenvalue weighted by molar-refractivity contribution is 9.11. The van der Waals surface area contributed by atoms with Crippen LogP contribution in [0.15, 0.2) is 51.4 Å². The Morgan fingerprint density at radius 2 is 1.95 bits per heavy atom. The molecule has 0 heterocycles. The third-order valence-corrected chi connectivity index (χ3v) is 3.63. The summed E-state index contributed by atoms with van der Waals surface area (Å²) in [7, 11) is 0. The molecule has 0 unspecified atom stereocenters. The number of carbonyl (C=O) groups is 1. The van der Waals surface area contributed by atoms with Gasteiger partial charge >= 0.3 is 5.97 Å². The van der Waals surface area contributed by atoms with Crippen LogP contribution in [-0.4, -0.2) is 11.1 Å².